The van der Waals surface area contributed by atoms with Crippen LogP contribution >= 0.6 is 27.3 Å². The van der Waals surface area contributed by atoms with Crippen LogP contribution in [-0.2, 0) is 9.53 Å². The van der Waals surface area contributed by atoms with Gasteiger partial charge in [0.05, 0.1) is 6.61 Å². The predicted octanol–water partition coefficient (Wildman–Crippen LogP) is 4.31. The lowest BCUT2D eigenvalue weighted by molar-refractivity contribution is -0.114. The minimum atomic E-state index is -0.430. The molecule has 6 heteroatoms. The summed E-state index contributed by atoms with van der Waals surface area (Å²) in [5.41, 5.74) is 2.06. The van der Waals surface area contributed by atoms with Gasteiger partial charge in [0.1, 0.15) is 10.6 Å². The van der Waals surface area contributed by atoms with E-state index in [9.17, 15) is 9.59 Å². The number of amides is 1. The third-order valence-corrected chi connectivity index (χ3v) is 4.14. The second kappa shape index (κ2) is 6.87. The smallest absolute Gasteiger partial charge is 0.341 e. The quantitative estimate of drug-likeness (QED) is 0.818. The fraction of sp³-hybridized carbons (Fsp3) is 0.200. The molecule has 0 aliphatic rings. The fourth-order valence-corrected chi connectivity index (χ4v) is 3.13. The highest BCUT2D eigenvalue weighted by atomic mass is 79.9. The van der Waals surface area contributed by atoms with Crippen LogP contribution < -0.4 is 5.32 Å². The highest BCUT2D eigenvalue weighted by Crippen LogP contribution is 2.36. The number of anilines is 1. The Hall–Kier alpha value is -1.66. The number of nitrogens with one attached hydrogen (secondary N) is 1. The van der Waals surface area contributed by atoms with Crippen molar-refractivity contribution in [3.63, 3.8) is 0 Å². The van der Waals surface area contributed by atoms with Crippen LogP contribution in [0.25, 0.3) is 11.1 Å². The number of carbonyl (C=O) groups excluding carboxylic acids is 2. The molecular weight excluding hydrogens is 354 g/mol. The van der Waals surface area contributed by atoms with Gasteiger partial charge in [-0.1, -0.05) is 28.1 Å². The van der Waals surface area contributed by atoms with Gasteiger partial charge in [0.2, 0.25) is 5.91 Å². The molecule has 0 saturated carbocycles. The Bertz CT molecular complexity index is 664. The average molecular weight is 368 g/mol. The second-order valence-corrected chi connectivity index (χ2v) is 6.06. The van der Waals surface area contributed by atoms with E-state index in [1.165, 1.54) is 18.3 Å². The normalized spacial score (nSPS) is 10.2. The number of hydrogen-bond acceptors (Lipinski definition) is 4. The van der Waals surface area contributed by atoms with E-state index in [0.717, 1.165) is 15.6 Å². The number of ether oxygens (including phenoxy) is 1. The van der Waals surface area contributed by atoms with Crippen LogP contribution in [0.2, 0.25) is 0 Å². The van der Waals surface area contributed by atoms with E-state index in [-0.39, 0.29) is 12.5 Å². The maximum atomic E-state index is 12.2. The molecule has 1 aromatic carbocycles. The summed E-state index contributed by atoms with van der Waals surface area (Å²) in [5, 5.41) is 5.04. The molecule has 0 aliphatic carbocycles. The molecule has 0 unspecified atom stereocenters. The van der Waals surface area contributed by atoms with Gasteiger partial charge in [-0.3, -0.25) is 4.79 Å². The molecule has 0 fully saturated rings. The topological polar surface area (TPSA) is 55.4 Å². The maximum Gasteiger partial charge on any atom is 0.341 e. The first-order valence-corrected chi connectivity index (χ1v) is 8.02. The van der Waals surface area contributed by atoms with Gasteiger partial charge in [-0.15, -0.1) is 11.3 Å². The molecule has 0 aliphatic heterocycles. The Morgan fingerprint density at radius 3 is 2.52 bits per heavy atom. The lowest BCUT2D eigenvalue weighted by Gasteiger charge is -2.07. The summed E-state index contributed by atoms with van der Waals surface area (Å²) in [7, 11) is 0. The Morgan fingerprint density at radius 2 is 1.95 bits per heavy atom. The van der Waals surface area contributed by atoms with E-state index < -0.39 is 5.97 Å². The van der Waals surface area contributed by atoms with Gasteiger partial charge < -0.3 is 10.1 Å². The van der Waals surface area contributed by atoms with Gasteiger partial charge in [0.25, 0.3) is 0 Å². The number of thiophene rings is 1. The summed E-state index contributed by atoms with van der Waals surface area (Å²) in [6.07, 6.45) is 0. The van der Waals surface area contributed by atoms with Crippen molar-refractivity contribution >= 4 is 44.1 Å². The highest BCUT2D eigenvalue weighted by molar-refractivity contribution is 9.10. The molecule has 1 N–H and O–H groups in total. The number of hydrogen-bond donors (Lipinski definition) is 1. The van der Waals surface area contributed by atoms with Crippen molar-refractivity contribution in [1.29, 1.82) is 0 Å². The van der Waals surface area contributed by atoms with Crippen molar-refractivity contribution in [1.82, 2.24) is 0 Å². The van der Waals surface area contributed by atoms with Gasteiger partial charge in [-0.2, -0.15) is 0 Å². The Morgan fingerprint density at radius 1 is 1.29 bits per heavy atom. The average Bonchev–Trinajstić information content (AvgIpc) is 2.82. The predicted molar refractivity (Wildman–Crippen MR) is 87.7 cm³/mol. The number of esters is 1. The Labute approximate surface area is 135 Å². The van der Waals surface area contributed by atoms with E-state index in [1.807, 2.05) is 29.6 Å². The number of carbonyl (C=O) groups is 2. The molecule has 1 heterocycles. The lowest BCUT2D eigenvalue weighted by atomic mass is 10.0. The minimum Gasteiger partial charge on any atom is -0.462 e. The van der Waals surface area contributed by atoms with Crippen molar-refractivity contribution in [2.24, 2.45) is 0 Å². The summed E-state index contributed by atoms with van der Waals surface area (Å²) in [6, 6.07) is 7.62. The summed E-state index contributed by atoms with van der Waals surface area (Å²) >= 11 is 4.70. The molecular formula is C15H14BrNO3S. The van der Waals surface area contributed by atoms with Crippen LogP contribution in [0.1, 0.15) is 24.2 Å². The van der Waals surface area contributed by atoms with Gasteiger partial charge in [0.15, 0.2) is 0 Å². The first kappa shape index (κ1) is 15.7. The van der Waals surface area contributed by atoms with Crippen LogP contribution in [0.4, 0.5) is 5.00 Å². The van der Waals surface area contributed by atoms with Crippen LogP contribution in [-0.4, -0.2) is 18.5 Å². The van der Waals surface area contributed by atoms with Crippen LogP contribution in [0, 0.1) is 0 Å². The zero-order valence-corrected chi connectivity index (χ0v) is 14.0. The monoisotopic (exact) mass is 367 g/mol. The molecule has 0 saturated heterocycles. The highest BCUT2D eigenvalue weighted by Gasteiger charge is 2.22. The number of benzene rings is 1. The molecule has 2 rings (SSSR count). The van der Waals surface area contributed by atoms with Gasteiger partial charge >= 0.3 is 5.97 Å². The third kappa shape index (κ3) is 3.71. The molecule has 0 radical (unpaired) electrons. The zero-order valence-electron chi connectivity index (χ0n) is 11.6. The molecule has 1 aromatic heterocycles. The molecule has 0 bridgehead atoms. The molecule has 110 valence electrons. The fourth-order valence-electron chi connectivity index (χ4n) is 1.86. The Balaban J connectivity index is 2.49. The van der Waals surface area contributed by atoms with Gasteiger partial charge in [-0.05, 0) is 24.6 Å². The molecule has 21 heavy (non-hydrogen) atoms. The standard InChI is InChI=1S/C15H14BrNO3S/c1-3-20-15(19)13-12(8-21-14(13)17-9(2)18)10-4-6-11(16)7-5-10/h4-8H,3H2,1-2H3,(H,17,18). The van der Waals surface area contributed by atoms with Gasteiger partial charge in [0, 0.05) is 22.3 Å². The van der Waals surface area contributed by atoms with Crippen LogP contribution in [0.5, 0.6) is 0 Å². The van der Waals surface area contributed by atoms with Crippen molar-refractivity contribution in [3.05, 3.63) is 39.7 Å². The zero-order chi connectivity index (χ0) is 15.4. The van der Waals surface area contributed by atoms with Gasteiger partial charge in [-0.25, -0.2) is 4.79 Å². The largest absolute Gasteiger partial charge is 0.462 e. The van der Waals surface area contributed by atoms with E-state index in [1.54, 1.807) is 6.92 Å². The Kier molecular flexibility index (Phi) is 5.14. The lowest BCUT2D eigenvalue weighted by Crippen LogP contribution is -2.11. The summed E-state index contributed by atoms with van der Waals surface area (Å²) < 4.78 is 6.06. The maximum absolute atomic E-state index is 12.2. The van der Waals surface area contributed by atoms with Crippen molar-refractivity contribution in [3.8, 4) is 11.1 Å². The van der Waals surface area contributed by atoms with Crippen molar-refractivity contribution in [2.45, 2.75) is 13.8 Å². The van der Waals surface area contributed by atoms with Crippen molar-refractivity contribution < 1.29 is 14.3 Å². The summed E-state index contributed by atoms with van der Waals surface area (Å²) in [6.45, 7) is 3.45. The first-order chi connectivity index (χ1) is 10.0. The molecule has 1 amide bonds. The molecule has 2 aromatic rings. The summed E-state index contributed by atoms with van der Waals surface area (Å²) in [5.74, 6) is -0.648. The molecule has 0 atom stereocenters. The number of halogens is 1. The first-order valence-electron chi connectivity index (χ1n) is 6.35. The number of rotatable bonds is 4. The van der Waals surface area contributed by atoms with Crippen molar-refractivity contribution in [2.75, 3.05) is 11.9 Å². The molecule has 0 spiro atoms. The molecule has 4 nitrogen and oxygen atoms in total. The minimum absolute atomic E-state index is 0.218. The van der Waals surface area contributed by atoms with E-state index in [2.05, 4.69) is 21.2 Å². The van der Waals surface area contributed by atoms with Crippen LogP contribution in [0.15, 0.2) is 34.1 Å². The second-order valence-electron chi connectivity index (χ2n) is 4.26. The van der Waals surface area contributed by atoms with E-state index >= 15 is 0 Å². The third-order valence-electron chi connectivity index (χ3n) is 2.72. The summed E-state index contributed by atoms with van der Waals surface area (Å²) in [4.78, 5) is 23.5. The van der Waals surface area contributed by atoms with E-state index in [0.29, 0.717) is 10.6 Å². The SMILES string of the molecule is CCOC(=O)c1c(-c2ccc(Br)cc2)csc1NC(C)=O. The van der Waals surface area contributed by atoms with E-state index in [4.69, 9.17) is 4.74 Å². The van der Waals surface area contributed by atoms with Crippen LogP contribution in [0.3, 0.4) is 0 Å².